The molecule has 0 radical (unpaired) electrons. The lowest BCUT2D eigenvalue weighted by molar-refractivity contribution is -0.163. The molecule has 6 nitrogen and oxygen atoms in total. The summed E-state index contributed by atoms with van der Waals surface area (Å²) in [4.78, 5) is 27.9. The molecular weight excluding hydrogens is 400 g/mol. The van der Waals surface area contributed by atoms with Crippen molar-refractivity contribution in [1.29, 1.82) is 0 Å². The average Bonchev–Trinajstić information content (AvgIpc) is 3.19. The number of rotatable bonds is 7. The Morgan fingerprint density at radius 2 is 1.87 bits per heavy atom. The number of piperidine rings is 1. The number of thiophene rings is 1. The molecule has 0 atom stereocenters. The van der Waals surface area contributed by atoms with E-state index in [0.717, 1.165) is 36.4 Å². The first-order chi connectivity index (χ1) is 14.5. The molecule has 0 spiro atoms. The van der Waals surface area contributed by atoms with Crippen molar-refractivity contribution in [1.82, 2.24) is 10.2 Å². The largest absolute Gasteiger partial charge is 0.477 e. The number of aromatic carboxylic acids is 1. The van der Waals surface area contributed by atoms with Crippen molar-refractivity contribution in [3.63, 3.8) is 0 Å². The fourth-order valence-electron chi connectivity index (χ4n) is 4.40. The Hall–Kier alpha value is -2.22. The molecule has 0 unspecified atom stereocenters. The number of nitrogens with one attached hydrogen (secondary N) is 1. The lowest BCUT2D eigenvalue weighted by Gasteiger charge is -2.47. The van der Waals surface area contributed by atoms with Gasteiger partial charge in [-0.2, -0.15) is 0 Å². The summed E-state index contributed by atoms with van der Waals surface area (Å²) in [6, 6.07) is 13.6. The maximum absolute atomic E-state index is 13.3. The van der Waals surface area contributed by atoms with E-state index in [1.807, 2.05) is 36.4 Å². The smallest absolute Gasteiger partial charge is 0.345 e. The molecule has 1 aromatic heterocycles. The van der Waals surface area contributed by atoms with Crippen molar-refractivity contribution in [2.24, 2.45) is 0 Å². The van der Waals surface area contributed by atoms with E-state index in [1.54, 1.807) is 6.07 Å². The highest BCUT2D eigenvalue weighted by Gasteiger charge is 2.53. The third kappa shape index (κ3) is 4.43. The lowest BCUT2D eigenvalue weighted by Crippen LogP contribution is -2.57. The number of carboxylic acid groups (broad SMARTS) is 1. The first kappa shape index (κ1) is 21.0. The van der Waals surface area contributed by atoms with Gasteiger partial charge in [-0.15, -0.1) is 11.3 Å². The maximum atomic E-state index is 13.3. The molecule has 0 amide bonds. The number of carbonyl (C=O) groups excluding carboxylic acids is 1. The predicted molar refractivity (Wildman–Crippen MR) is 116 cm³/mol. The van der Waals surface area contributed by atoms with Crippen LogP contribution < -0.4 is 5.32 Å². The molecule has 1 aliphatic heterocycles. The summed E-state index contributed by atoms with van der Waals surface area (Å²) >= 11 is 1.29. The SMILES string of the molecule is CN1CCC(OC(=O)C2(c3ccccc3)CC(NCc3ccc(C(=O)O)s3)C2)CC1. The van der Waals surface area contributed by atoms with E-state index in [9.17, 15) is 9.59 Å². The number of esters is 1. The predicted octanol–water partition coefficient (Wildman–Crippen LogP) is 3.27. The first-order valence-corrected chi connectivity index (χ1v) is 11.3. The number of benzene rings is 1. The Morgan fingerprint density at radius 1 is 1.17 bits per heavy atom. The second-order valence-electron chi connectivity index (χ2n) is 8.41. The third-order valence-corrected chi connectivity index (χ3v) is 7.36. The van der Waals surface area contributed by atoms with Crippen LogP contribution in [0.3, 0.4) is 0 Å². The summed E-state index contributed by atoms with van der Waals surface area (Å²) in [5, 5.41) is 12.6. The van der Waals surface area contributed by atoms with Gasteiger partial charge >= 0.3 is 11.9 Å². The van der Waals surface area contributed by atoms with Gasteiger partial charge in [0.15, 0.2) is 0 Å². The number of likely N-dealkylation sites (tertiary alicyclic amines) is 1. The molecule has 1 aromatic carbocycles. The van der Waals surface area contributed by atoms with Crippen molar-refractivity contribution in [2.45, 2.75) is 49.8 Å². The molecule has 1 saturated heterocycles. The van der Waals surface area contributed by atoms with Crippen molar-refractivity contribution in [2.75, 3.05) is 20.1 Å². The van der Waals surface area contributed by atoms with Gasteiger partial charge in [0.05, 0.1) is 5.41 Å². The molecule has 2 N–H and O–H groups in total. The number of ether oxygens (including phenoxy) is 1. The lowest BCUT2D eigenvalue weighted by atomic mass is 9.61. The molecular formula is C23H28N2O4S. The van der Waals surface area contributed by atoms with Crippen molar-refractivity contribution in [3.05, 3.63) is 57.8 Å². The zero-order chi connectivity index (χ0) is 21.1. The van der Waals surface area contributed by atoms with Gasteiger partial charge in [-0.05, 0) is 50.4 Å². The Labute approximate surface area is 180 Å². The Morgan fingerprint density at radius 3 is 2.50 bits per heavy atom. The molecule has 160 valence electrons. The van der Waals surface area contributed by atoms with Gasteiger partial charge in [0, 0.05) is 30.6 Å². The second kappa shape index (κ2) is 8.88. The summed E-state index contributed by atoms with van der Waals surface area (Å²) in [7, 11) is 2.10. The molecule has 2 heterocycles. The highest BCUT2D eigenvalue weighted by atomic mass is 32.1. The number of hydrogen-bond donors (Lipinski definition) is 2. The zero-order valence-corrected chi connectivity index (χ0v) is 18.0. The van der Waals surface area contributed by atoms with Crippen molar-refractivity contribution >= 4 is 23.3 Å². The van der Waals surface area contributed by atoms with E-state index in [1.165, 1.54) is 11.3 Å². The fraction of sp³-hybridized carbons (Fsp3) is 0.478. The van der Waals surface area contributed by atoms with Crippen LogP contribution in [0.5, 0.6) is 0 Å². The van der Waals surface area contributed by atoms with E-state index in [4.69, 9.17) is 9.84 Å². The summed E-state index contributed by atoms with van der Waals surface area (Å²) in [5.41, 5.74) is 0.425. The van der Waals surface area contributed by atoms with Crippen LogP contribution in [-0.4, -0.2) is 54.2 Å². The number of carbonyl (C=O) groups is 2. The average molecular weight is 429 g/mol. The van der Waals surface area contributed by atoms with Crippen LogP contribution in [0, 0.1) is 0 Å². The third-order valence-electron chi connectivity index (χ3n) is 6.28. The minimum Gasteiger partial charge on any atom is -0.477 e. The summed E-state index contributed by atoms with van der Waals surface area (Å²) in [6.07, 6.45) is 3.17. The van der Waals surface area contributed by atoms with E-state index in [2.05, 4.69) is 17.3 Å². The highest BCUT2D eigenvalue weighted by Crippen LogP contribution is 2.45. The van der Waals surface area contributed by atoms with E-state index in [0.29, 0.717) is 24.3 Å². The van der Waals surface area contributed by atoms with Gasteiger partial charge in [0.1, 0.15) is 11.0 Å². The summed E-state index contributed by atoms with van der Waals surface area (Å²) in [6.45, 7) is 2.52. The highest BCUT2D eigenvalue weighted by molar-refractivity contribution is 7.13. The van der Waals surface area contributed by atoms with Crippen LogP contribution >= 0.6 is 11.3 Å². The van der Waals surface area contributed by atoms with Crippen LogP contribution in [0.25, 0.3) is 0 Å². The Bertz CT molecular complexity index is 884. The monoisotopic (exact) mass is 428 g/mol. The van der Waals surface area contributed by atoms with E-state index < -0.39 is 11.4 Å². The van der Waals surface area contributed by atoms with Crippen LogP contribution in [0.15, 0.2) is 42.5 Å². The van der Waals surface area contributed by atoms with Crippen LogP contribution in [0.2, 0.25) is 0 Å². The molecule has 1 aliphatic carbocycles. The second-order valence-corrected chi connectivity index (χ2v) is 9.58. The van der Waals surface area contributed by atoms with Crippen molar-refractivity contribution < 1.29 is 19.4 Å². The fourth-order valence-corrected chi connectivity index (χ4v) is 5.20. The molecule has 4 rings (SSSR count). The van der Waals surface area contributed by atoms with E-state index in [-0.39, 0.29) is 18.1 Å². The van der Waals surface area contributed by atoms with E-state index >= 15 is 0 Å². The molecule has 30 heavy (non-hydrogen) atoms. The number of carboxylic acids is 1. The van der Waals surface area contributed by atoms with Gasteiger partial charge in [0.2, 0.25) is 0 Å². The van der Waals surface area contributed by atoms with Gasteiger partial charge < -0.3 is 20.1 Å². The first-order valence-electron chi connectivity index (χ1n) is 10.5. The van der Waals surface area contributed by atoms with Gasteiger partial charge in [-0.25, -0.2) is 4.79 Å². The Kier molecular flexibility index (Phi) is 6.22. The van der Waals surface area contributed by atoms with Gasteiger partial charge in [0.25, 0.3) is 0 Å². The number of nitrogens with zero attached hydrogens (tertiary/aromatic N) is 1. The zero-order valence-electron chi connectivity index (χ0n) is 17.2. The van der Waals surface area contributed by atoms with Gasteiger partial charge in [-0.3, -0.25) is 4.79 Å². The topological polar surface area (TPSA) is 78.9 Å². The van der Waals surface area contributed by atoms with Crippen LogP contribution in [0.4, 0.5) is 0 Å². The minimum absolute atomic E-state index is 0.00172. The molecule has 2 fully saturated rings. The maximum Gasteiger partial charge on any atom is 0.345 e. The van der Waals surface area contributed by atoms with Crippen molar-refractivity contribution in [3.8, 4) is 0 Å². The quantitative estimate of drug-likeness (QED) is 0.659. The molecule has 1 saturated carbocycles. The van der Waals surface area contributed by atoms with Crippen LogP contribution in [-0.2, 0) is 21.5 Å². The molecule has 2 aliphatic rings. The molecule has 7 heteroatoms. The normalized spacial score (nSPS) is 24.9. The summed E-state index contributed by atoms with van der Waals surface area (Å²) < 4.78 is 5.99. The summed E-state index contributed by atoms with van der Waals surface area (Å²) in [5.74, 6) is -1.000. The van der Waals surface area contributed by atoms with Crippen LogP contribution in [0.1, 0.15) is 45.8 Å². The van der Waals surface area contributed by atoms with Gasteiger partial charge in [-0.1, -0.05) is 30.3 Å². The standard InChI is InChI=1S/C23H28N2O4S/c1-25-11-9-18(10-12-25)29-22(28)23(16-5-3-2-4-6-16)13-17(14-23)24-15-19-7-8-20(30-19)21(26)27/h2-8,17-18,24H,9-15H2,1H3,(H,26,27). The minimum atomic E-state index is -0.894. The Balaban J connectivity index is 1.39. The molecule has 2 aromatic rings. The molecule has 0 bridgehead atoms. The number of hydrogen-bond acceptors (Lipinski definition) is 6.